The van der Waals surface area contributed by atoms with Crippen LogP contribution in [-0.2, 0) is 0 Å². The van der Waals surface area contributed by atoms with Gasteiger partial charge in [-0.15, -0.1) is 6.58 Å². The second kappa shape index (κ2) is 9.11. The average Bonchev–Trinajstić information content (AvgIpc) is 2.80. The quantitative estimate of drug-likeness (QED) is 0.403. The Bertz CT molecular complexity index is 412. The van der Waals surface area contributed by atoms with Crippen LogP contribution in [0.1, 0.15) is 84.5 Å². The molecule has 0 heterocycles. The Labute approximate surface area is 151 Å². The van der Waals surface area contributed by atoms with Gasteiger partial charge < -0.3 is 5.32 Å². The number of hydrogen-bond acceptors (Lipinski definition) is 1. The second-order valence-electron chi connectivity index (χ2n) is 9.07. The summed E-state index contributed by atoms with van der Waals surface area (Å²) in [4.78, 5) is 0. The van der Waals surface area contributed by atoms with Crippen LogP contribution < -0.4 is 5.32 Å². The summed E-state index contributed by atoms with van der Waals surface area (Å²) in [5.74, 6) is 3.33. The highest BCUT2D eigenvalue weighted by Gasteiger charge is 2.41. The highest BCUT2D eigenvalue weighted by atomic mass is 14.8. The summed E-state index contributed by atoms with van der Waals surface area (Å²) in [5, 5.41) is 3.37. The molecule has 1 heteroatoms. The first kappa shape index (κ1) is 19.6. The molecule has 1 nitrogen and oxygen atoms in total. The van der Waals surface area contributed by atoms with Crippen molar-refractivity contribution >= 4 is 0 Å². The molecule has 0 bridgehead atoms. The summed E-state index contributed by atoms with van der Waals surface area (Å²) in [6.45, 7) is 13.3. The van der Waals surface area contributed by atoms with Crippen LogP contribution in [0.5, 0.6) is 0 Å². The van der Waals surface area contributed by atoms with Gasteiger partial charge in [0.1, 0.15) is 0 Å². The van der Waals surface area contributed by atoms with Gasteiger partial charge >= 0.3 is 0 Å². The third kappa shape index (κ3) is 4.90. The summed E-state index contributed by atoms with van der Waals surface area (Å²) in [7, 11) is 2.04. The van der Waals surface area contributed by atoms with Crippen LogP contribution in [0.15, 0.2) is 24.9 Å². The zero-order valence-electron chi connectivity index (χ0n) is 16.6. The fourth-order valence-corrected chi connectivity index (χ4v) is 5.65. The van der Waals surface area contributed by atoms with Gasteiger partial charge in [-0.25, -0.2) is 0 Å². The van der Waals surface area contributed by atoms with E-state index in [9.17, 15) is 0 Å². The van der Waals surface area contributed by atoms with Crippen molar-refractivity contribution in [3.05, 3.63) is 24.9 Å². The zero-order chi connectivity index (χ0) is 17.6. The van der Waals surface area contributed by atoms with E-state index in [-0.39, 0.29) is 0 Å². The van der Waals surface area contributed by atoms with Crippen LogP contribution in [0, 0.1) is 29.1 Å². The molecule has 0 saturated heterocycles. The zero-order valence-corrected chi connectivity index (χ0v) is 16.6. The molecule has 2 saturated carbocycles. The highest BCUT2D eigenvalue weighted by Crippen LogP contribution is 2.52. The fraction of sp³-hybridized carbons (Fsp3) is 0.826. The third-order valence-corrected chi connectivity index (χ3v) is 7.31. The molecule has 0 aromatic heterocycles. The van der Waals surface area contributed by atoms with E-state index < -0.39 is 0 Å². The minimum Gasteiger partial charge on any atom is -0.392 e. The molecular weight excluding hydrogens is 290 g/mol. The van der Waals surface area contributed by atoms with E-state index in [1.165, 1.54) is 69.9 Å². The van der Waals surface area contributed by atoms with Gasteiger partial charge in [0.2, 0.25) is 0 Å². The van der Waals surface area contributed by atoms with Crippen molar-refractivity contribution in [3.8, 4) is 0 Å². The normalized spacial score (nSPS) is 35.7. The first-order chi connectivity index (χ1) is 11.5. The summed E-state index contributed by atoms with van der Waals surface area (Å²) < 4.78 is 0. The molecule has 2 aliphatic rings. The Balaban J connectivity index is 2.07. The van der Waals surface area contributed by atoms with Crippen LogP contribution in [0.2, 0.25) is 0 Å². The maximum Gasteiger partial charge on any atom is 0.00654 e. The van der Waals surface area contributed by atoms with Gasteiger partial charge in [-0.3, -0.25) is 0 Å². The predicted molar refractivity (Wildman–Crippen MR) is 107 cm³/mol. The van der Waals surface area contributed by atoms with Gasteiger partial charge in [0.15, 0.2) is 0 Å². The van der Waals surface area contributed by atoms with Gasteiger partial charge in [0.05, 0.1) is 0 Å². The minimum absolute atomic E-state index is 0.563. The van der Waals surface area contributed by atoms with E-state index >= 15 is 0 Å². The molecule has 5 atom stereocenters. The van der Waals surface area contributed by atoms with Crippen LogP contribution in [0.25, 0.3) is 0 Å². The summed E-state index contributed by atoms with van der Waals surface area (Å²) >= 11 is 0. The second-order valence-corrected chi connectivity index (χ2v) is 9.07. The Hall–Kier alpha value is -0.720. The smallest absolute Gasteiger partial charge is 0.00654 e. The predicted octanol–water partition coefficient (Wildman–Crippen LogP) is 6.71. The van der Waals surface area contributed by atoms with Crippen molar-refractivity contribution in [1.82, 2.24) is 5.32 Å². The number of rotatable bonds is 7. The molecule has 24 heavy (non-hydrogen) atoms. The lowest BCUT2D eigenvalue weighted by Crippen LogP contribution is -2.37. The van der Waals surface area contributed by atoms with Crippen molar-refractivity contribution in [2.75, 3.05) is 7.05 Å². The maximum absolute atomic E-state index is 4.34. The Morgan fingerprint density at radius 2 is 2.00 bits per heavy atom. The number of allylic oxidation sites excluding steroid dienone is 2. The Kier molecular flexibility index (Phi) is 7.44. The van der Waals surface area contributed by atoms with Crippen molar-refractivity contribution in [1.29, 1.82) is 0 Å². The van der Waals surface area contributed by atoms with Gasteiger partial charge in [-0.05, 0) is 68.1 Å². The minimum atomic E-state index is 0.563. The van der Waals surface area contributed by atoms with Crippen LogP contribution in [-0.4, -0.2) is 7.05 Å². The van der Waals surface area contributed by atoms with Crippen LogP contribution in [0.3, 0.4) is 0 Å². The largest absolute Gasteiger partial charge is 0.392 e. The van der Waals surface area contributed by atoms with Crippen molar-refractivity contribution in [3.63, 3.8) is 0 Å². The lowest BCUT2D eigenvalue weighted by atomic mass is 9.59. The Morgan fingerprint density at radius 3 is 2.71 bits per heavy atom. The first-order valence-electron chi connectivity index (χ1n) is 10.5. The fourth-order valence-electron chi connectivity index (χ4n) is 5.65. The van der Waals surface area contributed by atoms with Crippen LogP contribution in [0.4, 0.5) is 0 Å². The molecule has 5 unspecified atom stereocenters. The van der Waals surface area contributed by atoms with E-state index in [4.69, 9.17) is 0 Å². The van der Waals surface area contributed by atoms with E-state index in [1.807, 2.05) is 7.05 Å². The van der Waals surface area contributed by atoms with E-state index in [1.54, 1.807) is 0 Å². The summed E-state index contributed by atoms with van der Waals surface area (Å²) in [5.41, 5.74) is 1.81. The van der Waals surface area contributed by atoms with E-state index in [0.717, 1.165) is 24.2 Å². The third-order valence-electron chi connectivity index (χ3n) is 7.31. The molecule has 2 fully saturated rings. The standard InChI is InChI=1S/C23H41N/c1-6-7-13-22(19(3)24-5)20-11-9-16-23(4,17-20)21-12-8-10-18(2)14-15-21/h6,18,20-22,24H,1,3,7-17H2,2,4-5H3. The summed E-state index contributed by atoms with van der Waals surface area (Å²) in [6, 6.07) is 0. The molecule has 1 N–H and O–H groups in total. The number of hydrogen-bond donors (Lipinski definition) is 1. The molecule has 138 valence electrons. The van der Waals surface area contributed by atoms with Gasteiger partial charge in [-0.2, -0.15) is 0 Å². The Morgan fingerprint density at radius 1 is 1.21 bits per heavy atom. The van der Waals surface area contributed by atoms with E-state index in [0.29, 0.717) is 11.3 Å². The maximum atomic E-state index is 4.34. The molecule has 0 radical (unpaired) electrons. The molecule has 0 aromatic rings. The van der Waals surface area contributed by atoms with Crippen molar-refractivity contribution < 1.29 is 0 Å². The molecular formula is C23H41N. The SMILES string of the molecule is C=CCCC(C(=C)NC)C1CCCC(C)(C2CCCC(C)CC2)C1. The molecule has 0 spiro atoms. The molecule has 0 aromatic carbocycles. The molecule has 2 rings (SSSR count). The van der Waals surface area contributed by atoms with Crippen LogP contribution >= 0.6 is 0 Å². The number of nitrogens with one attached hydrogen (secondary N) is 1. The van der Waals surface area contributed by atoms with Gasteiger partial charge in [-0.1, -0.05) is 52.2 Å². The van der Waals surface area contributed by atoms with Crippen molar-refractivity contribution in [2.24, 2.45) is 29.1 Å². The van der Waals surface area contributed by atoms with E-state index in [2.05, 4.69) is 38.4 Å². The van der Waals surface area contributed by atoms with Gasteiger partial charge in [0.25, 0.3) is 0 Å². The highest BCUT2D eigenvalue weighted by molar-refractivity contribution is 5.03. The average molecular weight is 332 g/mol. The topological polar surface area (TPSA) is 12.0 Å². The lowest BCUT2D eigenvalue weighted by molar-refractivity contribution is 0.0541. The molecule has 0 aliphatic heterocycles. The molecule has 0 amide bonds. The molecule has 2 aliphatic carbocycles. The van der Waals surface area contributed by atoms with Crippen molar-refractivity contribution in [2.45, 2.75) is 84.5 Å². The van der Waals surface area contributed by atoms with Gasteiger partial charge in [0, 0.05) is 18.7 Å². The monoisotopic (exact) mass is 331 g/mol. The first-order valence-corrected chi connectivity index (χ1v) is 10.5. The summed E-state index contributed by atoms with van der Waals surface area (Å²) in [6.07, 6.45) is 17.4. The lowest BCUT2D eigenvalue weighted by Gasteiger charge is -2.46.